The molecule has 0 saturated heterocycles. The van der Waals surface area contributed by atoms with Crippen LogP contribution < -0.4 is 10.6 Å². The van der Waals surface area contributed by atoms with Gasteiger partial charge in [0.05, 0.1) is 26.4 Å². The fourth-order valence-electron chi connectivity index (χ4n) is 2.63. The van der Waals surface area contributed by atoms with Crippen LogP contribution in [0.4, 0.5) is 0 Å². The van der Waals surface area contributed by atoms with Crippen LogP contribution >= 0.6 is 0 Å². The number of H-pyrrole nitrogens is 2. The minimum absolute atomic E-state index is 0.131. The fourth-order valence-corrected chi connectivity index (χ4v) is 2.63. The molecule has 2 aromatic rings. The van der Waals surface area contributed by atoms with Gasteiger partial charge in [-0.25, -0.2) is 0 Å². The zero-order chi connectivity index (χ0) is 20.5. The first-order valence-electron chi connectivity index (χ1n) is 9.42. The molecule has 2 aromatic heterocycles. The van der Waals surface area contributed by atoms with Crippen molar-refractivity contribution in [1.82, 2.24) is 20.6 Å². The molecule has 0 aliphatic rings. The van der Waals surface area contributed by atoms with E-state index in [0.717, 1.165) is 22.3 Å². The van der Waals surface area contributed by atoms with E-state index in [1.54, 1.807) is 0 Å². The van der Waals surface area contributed by atoms with Crippen LogP contribution in [0.3, 0.4) is 0 Å². The van der Waals surface area contributed by atoms with Crippen molar-refractivity contribution in [3.05, 3.63) is 46.0 Å². The zero-order valence-corrected chi connectivity index (χ0v) is 17.0. The number of ether oxygens (including phenoxy) is 2. The SMILES string of the molecule is Cc1c[nH]c(C(=O)NCCOCCOCCNC(=O)c2[nH]cc(C)c2C)c1C. The molecule has 2 heterocycles. The molecule has 0 spiro atoms. The average Bonchev–Trinajstić information content (AvgIpc) is 3.18. The van der Waals surface area contributed by atoms with Gasteiger partial charge in [0.25, 0.3) is 11.8 Å². The van der Waals surface area contributed by atoms with Crippen molar-refractivity contribution < 1.29 is 19.1 Å². The van der Waals surface area contributed by atoms with Crippen LogP contribution in [0.15, 0.2) is 12.4 Å². The van der Waals surface area contributed by atoms with Gasteiger partial charge in [0.2, 0.25) is 0 Å². The summed E-state index contributed by atoms with van der Waals surface area (Å²) in [6.45, 7) is 10.3. The van der Waals surface area contributed by atoms with Crippen LogP contribution in [0.2, 0.25) is 0 Å². The number of nitrogens with one attached hydrogen (secondary N) is 4. The third kappa shape index (κ3) is 5.97. The Bertz CT molecular complexity index is 728. The van der Waals surface area contributed by atoms with Gasteiger partial charge in [-0.3, -0.25) is 9.59 Å². The molecule has 4 N–H and O–H groups in total. The number of aromatic amines is 2. The number of hydrogen-bond donors (Lipinski definition) is 4. The van der Waals surface area contributed by atoms with E-state index in [0.29, 0.717) is 50.9 Å². The second kappa shape index (κ2) is 10.7. The Balaban J connectivity index is 1.47. The highest BCUT2D eigenvalue weighted by atomic mass is 16.5. The van der Waals surface area contributed by atoms with E-state index >= 15 is 0 Å². The topological polar surface area (TPSA) is 108 Å². The average molecular weight is 390 g/mol. The van der Waals surface area contributed by atoms with Crippen molar-refractivity contribution in [3.63, 3.8) is 0 Å². The molecular weight excluding hydrogens is 360 g/mol. The molecule has 0 aromatic carbocycles. The second-order valence-corrected chi connectivity index (χ2v) is 6.68. The summed E-state index contributed by atoms with van der Waals surface area (Å²) >= 11 is 0. The Hall–Kier alpha value is -2.58. The Morgan fingerprint density at radius 2 is 1.14 bits per heavy atom. The first-order valence-corrected chi connectivity index (χ1v) is 9.42. The molecule has 2 amide bonds. The molecule has 0 radical (unpaired) electrons. The molecule has 154 valence electrons. The van der Waals surface area contributed by atoms with Crippen LogP contribution in [-0.4, -0.2) is 61.3 Å². The Morgan fingerprint density at radius 1 is 0.750 bits per heavy atom. The predicted octanol–water partition coefficient (Wildman–Crippen LogP) is 1.77. The fraction of sp³-hybridized carbons (Fsp3) is 0.500. The third-order valence-corrected chi connectivity index (χ3v) is 4.69. The summed E-state index contributed by atoms with van der Waals surface area (Å²) in [5, 5.41) is 5.62. The second-order valence-electron chi connectivity index (χ2n) is 6.68. The third-order valence-electron chi connectivity index (χ3n) is 4.69. The van der Waals surface area contributed by atoms with Crippen molar-refractivity contribution in [2.45, 2.75) is 27.7 Å². The summed E-state index contributed by atoms with van der Waals surface area (Å²) in [5.74, 6) is -0.262. The van der Waals surface area contributed by atoms with Crippen LogP contribution in [-0.2, 0) is 9.47 Å². The van der Waals surface area contributed by atoms with E-state index in [9.17, 15) is 9.59 Å². The summed E-state index contributed by atoms with van der Waals surface area (Å²) in [5.41, 5.74) is 5.22. The molecule has 0 aliphatic carbocycles. The minimum atomic E-state index is -0.131. The Labute approximate surface area is 165 Å². The first kappa shape index (κ1) is 21.7. The van der Waals surface area contributed by atoms with Crippen LogP contribution in [0.25, 0.3) is 0 Å². The standard InChI is InChI=1S/C20H30N4O4/c1-13-11-23-17(15(13)3)19(25)21-5-7-27-9-10-28-8-6-22-20(26)18-16(4)14(2)12-24-18/h11-12,23-24H,5-10H2,1-4H3,(H,21,25)(H,22,26). The van der Waals surface area contributed by atoms with Crippen LogP contribution in [0, 0.1) is 27.7 Å². The molecule has 8 heteroatoms. The number of amides is 2. The number of aryl methyl sites for hydroxylation is 2. The highest BCUT2D eigenvalue weighted by Crippen LogP contribution is 2.11. The monoisotopic (exact) mass is 390 g/mol. The van der Waals surface area contributed by atoms with Gasteiger partial charge < -0.3 is 30.1 Å². The van der Waals surface area contributed by atoms with Gasteiger partial charge in [-0.15, -0.1) is 0 Å². The lowest BCUT2D eigenvalue weighted by Crippen LogP contribution is -2.29. The van der Waals surface area contributed by atoms with E-state index in [-0.39, 0.29) is 11.8 Å². The van der Waals surface area contributed by atoms with Crippen LogP contribution in [0.5, 0.6) is 0 Å². The Morgan fingerprint density at radius 3 is 1.46 bits per heavy atom. The normalized spacial score (nSPS) is 10.9. The van der Waals surface area contributed by atoms with Gasteiger partial charge in [-0.2, -0.15) is 0 Å². The van der Waals surface area contributed by atoms with Gasteiger partial charge >= 0.3 is 0 Å². The van der Waals surface area contributed by atoms with E-state index in [1.807, 2.05) is 40.1 Å². The molecule has 0 aliphatic heterocycles. The van der Waals surface area contributed by atoms with Crippen molar-refractivity contribution in [1.29, 1.82) is 0 Å². The zero-order valence-electron chi connectivity index (χ0n) is 17.0. The van der Waals surface area contributed by atoms with Gasteiger partial charge in [-0.1, -0.05) is 0 Å². The largest absolute Gasteiger partial charge is 0.377 e. The summed E-state index contributed by atoms with van der Waals surface area (Å²) in [6, 6.07) is 0. The number of aromatic nitrogens is 2. The van der Waals surface area contributed by atoms with Crippen molar-refractivity contribution in [3.8, 4) is 0 Å². The Kier molecular flexibility index (Phi) is 8.28. The van der Waals surface area contributed by atoms with E-state index in [4.69, 9.17) is 9.47 Å². The van der Waals surface area contributed by atoms with Gasteiger partial charge in [0.1, 0.15) is 11.4 Å². The summed E-state index contributed by atoms with van der Waals surface area (Å²) < 4.78 is 10.9. The van der Waals surface area contributed by atoms with Crippen molar-refractivity contribution in [2.75, 3.05) is 39.5 Å². The van der Waals surface area contributed by atoms with E-state index in [2.05, 4.69) is 20.6 Å². The molecule has 0 unspecified atom stereocenters. The number of hydrogen-bond acceptors (Lipinski definition) is 4. The highest BCUT2D eigenvalue weighted by molar-refractivity contribution is 5.94. The van der Waals surface area contributed by atoms with Crippen molar-refractivity contribution in [2.24, 2.45) is 0 Å². The number of carbonyl (C=O) groups excluding carboxylic acids is 2. The molecule has 8 nitrogen and oxygen atoms in total. The maximum absolute atomic E-state index is 12.0. The number of carbonyl (C=O) groups is 2. The highest BCUT2D eigenvalue weighted by Gasteiger charge is 2.12. The van der Waals surface area contributed by atoms with Gasteiger partial charge in [0.15, 0.2) is 0 Å². The summed E-state index contributed by atoms with van der Waals surface area (Å²) in [4.78, 5) is 30.0. The smallest absolute Gasteiger partial charge is 0.268 e. The lowest BCUT2D eigenvalue weighted by Gasteiger charge is -2.08. The quantitative estimate of drug-likeness (QED) is 0.439. The van der Waals surface area contributed by atoms with Crippen molar-refractivity contribution >= 4 is 11.8 Å². The summed E-state index contributed by atoms with van der Waals surface area (Å²) in [7, 11) is 0. The molecule has 0 bridgehead atoms. The maximum atomic E-state index is 12.0. The minimum Gasteiger partial charge on any atom is -0.377 e. The molecule has 0 saturated carbocycles. The lowest BCUT2D eigenvalue weighted by molar-refractivity contribution is 0.0485. The molecule has 28 heavy (non-hydrogen) atoms. The van der Waals surface area contributed by atoms with Gasteiger partial charge in [-0.05, 0) is 49.9 Å². The van der Waals surface area contributed by atoms with E-state index < -0.39 is 0 Å². The maximum Gasteiger partial charge on any atom is 0.268 e. The molecule has 0 atom stereocenters. The first-order chi connectivity index (χ1) is 13.4. The molecule has 2 rings (SSSR count). The lowest BCUT2D eigenvalue weighted by atomic mass is 10.2. The van der Waals surface area contributed by atoms with Gasteiger partial charge in [0, 0.05) is 25.5 Å². The molecule has 0 fully saturated rings. The van der Waals surface area contributed by atoms with E-state index in [1.165, 1.54) is 0 Å². The molecular formula is C20H30N4O4. The summed E-state index contributed by atoms with van der Waals surface area (Å²) in [6.07, 6.45) is 3.64. The number of rotatable bonds is 11. The van der Waals surface area contributed by atoms with Crippen LogP contribution in [0.1, 0.15) is 43.2 Å². The predicted molar refractivity (Wildman–Crippen MR) is 107 cm³/mol.